The molecule has 5 nitrogen and oxygen atoms in total. The first-order valence-corrected chi connectivity index (χ1v) is 7.44. The molecule has 0 saturated carbocycles. The van der Waals surface area contributed by atoms with Gasteiger partial charge in [-0.3, -0.25) is 4.79 Å². The topological polar surface area (TPSA) is 72.8 Å². The quantitative estimate of drug-likeness (QED) is 0.582. The van der Waals surface area contributed by atoms with Gasteiger partial charge in [-0.15, -0.1) is 0 Å². The number of piperidine rings is 1. The van der Waals surface area contributed by atoms with Crippen molar-refractivity contribution >= 4 is 5.97 Å². The first-order valence-electron chi connectivity index (χ1n) is 7.44. The summed E-state index contributed by atoms with van der Waals surface area (Å²) in [6, 6.07) is 0.386. The monoisotopic (exact) mass is 272 g/mol. The van der Waals surface area contributed by atoms with Gasteiger partial charge in [0.15, 0.2) is 0 Å². The standard InChI is InChI=1S/C14H28N2O3/c1-2-3-4-12-9-13(15-6-8-17)11-16(10-12)7-5-14(18)19/h12-13,15,17H,2-11H2,1H3,(H,18,19). The number of unbranched alkanes of at least 4 members (excludes halogenated alkanes) is 1. The van der Waals surface area contributed by atoms with Gasteiger partial charge < -0.3 is 20.4 Å². The molecule has 0 aromatic heterocycles. The van der Waals surface area contributed by atoms with Gasteiger partial charge in [0.05, 0.1) is 13.0 Å². The number of carboxylic acid groups (broad SMARTS) is 1. The Labute approximate surface area is 116 Å². The normalized spacial score (nSPS) is 24.5. The van der Waals surface area contributed by atoms with E-state index in [1.54, 1.807) is 0 Å². The lowest BCUT2D eigenvalue weighted by molar-refractivity contribution is -0.137. The Balaban J connectivity index is 2.43. The Kier molecular flexibility index (Phi) is 8.02. The van der Waals surface area contributed by atoms with E-state index in [-0.39, 0.29) is 13.0 Å². The molecule has 0 aromatic carbocycles. The summed E-state index contributed by atoms with van der Waals surface area (Å²) in [4.78, 5) is 12.9. The number of hydrogen-bond acceptors (Lipinski definition) is 4. The van der Waals surface area contributed by atoms with Crippen LogP contribution in [0.3, 0.4) is 0 Å². The van der Waals surface area contributed by atoms with Crippen molar-refractivity contribution in [3.63, 3.8) is 0 Å². The number of carbonyl (C=O) groups is 1. The highest BCUT2D eigenvalue weighted by atomic mass is 16.4. The first kappa shape index (κ1) is 16.4. The van der Waals surface area contributed by atoms with Crippen LogP contribution < -0.4 is 5.32 Å². The highest BCUT2D eigenvalue weighted by Crippen LogP contribution is 2.22. The highest BCUT2D eigenvalue weighted by molar-refractivity contribution is 5.66. The van der Waals surface area contributed by atoms with Gasteiger partial charge in [-0.05, 0) is 18.8 Å². The van der Waals surface area contributed by atoms with E-state index in [2.05, 4.69) is 17.1 Å². The summed E-state index contributed by atoms with van der Waals surface area (Å²) in [5.74, 6) is -0.0748. The molecular weight excluding hydrogens is 244 g/mol. The molecule has 3 N–H and O–H groups in total. The van der Waals surface area contributed by atoms with Crippen molar-refractivity contribution in [1.29, 1.82) is 0 Å². The second-order valence-corrected chi connectivity index (χ2v) is 5.52. The zero-order chi connectivity index (χ0) is 14.1. The lowest BCUT2D eigenvalue weighted by atomic mass is 9.89. The zero-order valence-electron chi connectivity index (χ0n) is 12.0. The Morgan fingerprint density at radius 1 is 1.42 bits per heavy atom. The Morgan fingerprint density at radius 2 is 2.21 bits per heavy atom. The summed E-state index contributed by atoms with van der Waals surface area (Å²) in [5.41, 5.74) is 0. The van der Waals surface area contributed by atoms with Crippen LogP contribution in [-0.4, -0.2) is 59.9 Å². The molecule has 0 bridgehead atoms. The van der Waals surface area contributed by atoms with E-state index in [0.29, 0.717) is 25.0 Å². The predicted molar refractivity (Wildman–Crippen MR) is 75.2 cm³/mol. The maximum Gasteiger partial charge on any atom is 0.304 e. The van der Waals surface area contributed by atoms with E-state index in [9.17, 15) is 4.79 Å². The fourth-order valence-electron chi connectivity index (χ4n) is 2.86. The Hall–Kier alpha value is -0.650. The number of nitrogens with zero attached hydrogens (tertiary/aromatic N) is 1. The number of carboxylic acids is 1. The van der Waals surface area contributed by atoms with E-state index in [1.807, 2.05) is 0 Å². The molecule has 0 aromatic rings. The van der Waals surface area contributed by atoms with Gasteiger partial charge in [-0.2, -0.15) is 0 Å². The number of likely N-dealkylation sites (tertiary alicyclic amines) is 1. The van der Waals surface area contributed by atoms with Gasteiger partial charge in [0.25, 0.3) is 0 Å². The second kappa shape index (κ2) is 9.28. The molecule has 2 atom stereocenters. The third kappa shape index (κ3) is 6.89. The van der Waals surface area contributed by atoms with Crippen LogP contribution in [0.2, 0.25) is 0 Å². The van der Waals surface area contributed by atoms with E-state index in [4.69, 9.17) is 10.2 Å². The molecule has 0 aliphatic carbocycles. The number of aliphatic carboxylic acids is 1. The molecule has 19 heavy (non-hydrogen) atoms. The van der Waals surface area contributed by atoms with Crippen LogP contribution in [0, 0.1) is 5.92 Å². The second-order valence-electron chi connectivity index (χ2n) is 5.52. The largest absolute Gasteiger partial charge is 0.481 e. The van der Waals surface area contributed by atoms with Crippen molar-refractivity contribution in [3.05, 3.63) is 0 Å². The summed E-state index contributed by atoms with van der Waals surface area (Å²) in [7, 11) is 0. The molecule has 0 radical (unpaired) electrons. The van der Waals surface area contributed by atoms with Crippen LogP contribution in [0.5, 0.6) is 0 Å². The number of hydrogen-bond donors (Lipinski definition) is 3. The molecule has 1 fully saturated rings. The molecule has 0 spiro atoms. The number of aliphatic hydroxyl groups excluding tert-OH is 1. The molecular formula is C14H28N2O3. The van der Waals surface area contributed by atoms with Gasteiger partial charge in [0, 0.05) is 32.2 Å². The van der Waals surface area contributed by atoms with Crippen LogP contribution in [-0.2, 0) is 4.79 Å². The van der Waals surface area contributed by atoms with E-state index in [1.165, 1.54) is 19.3 Å². The van der Waals surface area contributed by atoms with Crippen LogP contribution >= 0.6 is 0 Å². The molecule has 0 amide bonds. The van der Waals surface area contributed by atoms with Crippen molar-refractivity contribution in [3.8, 4) is 0 Å². The molecule has 1 aliphatic heterocycles. The van der Waals surface area contributed by atoms with Gasteiger partial charge in [0.2, 0.25) is 0 Å². The minimum Gasteiger partial charge on any atom is -0.481 e. The number of nitrogens with one attached hydrogen (secondary N) is 1. The Bertz CT molecular complexity index is 245. The third-order valence-electron chi connectivity index (χ3n) is 3.77. The fourth-order valence-corrected chi connectivity index (χ4v) is 2.86. The highest BCUT2D eigenvalue weighted by Gasteiger charge is 2.26. The molecule has 5 heteroatoms. The van der Waals surface area contributed by atoms with Gasteiger partial charge in [-0.25, -0.2) is 0 Å². The minimum absolute atomic E-state index is 0.158. The maximum atomic E-state index is 10.7. The molecule has 1 rings (SSSR count). The summed E-state index contributed by atoms with van der Waals surface area (Å²) >= 11 is 0. The van der Waals surface area contributed by atoms with Gasteiger partial charge >= 0.3 is 5.97 Å². The average Bonchev–Trinajstić information content (AvgIpc) is 2.40. The number of aliphatic hydroxyl groups is 1. The average molecular weight is 272 g/mol. The molecule has 112 valence electrons. The summed E-state index contributed by atoms with van der Waals surface area (Å²) in [6.07, 6.45) is 5.03. The van der Waals surface area contributed by atoms with E-state index in [0.717, 1.165) is 19.5 Å². The smallest absolute Gasteiger partial charge is 0.304 e. The summed E-state index contributed by atoms with van der Waals surface area (Å²) in [6.45, 7) is 5.53. The molecule has 1 saturated heterocycles. The van der Waals surface area contributed by atoms with Crippen LogP contribution in [0.25, 0.3) is 0 Å². The predicted octanol–water partition coefficient (Wildman–Crippen LogP) is 0.924. The zero-order valence-corrected chi connectivity index (χ0v) is 12.0. The Morgan fingerprint density at radius 3 is 2.84 bits per heavy atom. The fraction of sp³-hybridized carbons (Fsp3) is 0.929. The lowest BCUT2D eigenvalue weighted by Gasteiger charge is -2.38. The van der Waals surface area contributed by atoms with Crippen LogP contribution in [0.4, 0.5) is 0 Å². The molecule has 1 heterocycles. The van der Waals surface area contributed by atoms with Crippen molar-refractivity contribution in [2.75, 3.05) is 32.8 Å². The van der Waals surface area contributed by atoms with Crippen LogP contribution in [0.1, 0.15) is 39.0 Å². The minimum atomic E-state index is -0.726. The summed E-state index contributed by atoms with van der Waals surface area (Å²) in [5, 5.41) is 21.0. The van der Waals surface area contributed by atoms with E-state index < -0.39 is 5.97 Å². The van der Waals surface area contributed by atoms with E-state index >= 15 is 0 Å². The van der Waals surface area contributed by atoms with Crippen molar-refractivity contribution in [1.82, 2.24) is 10.2 Å². The van der Waals surface area contributed by atoms with Crippen molar-refractivity contribution < 1.29 is 15.0 Å². The van der Waals surface area contributed by atoms with Crippen molar-refractivity contribution in [2.24, 2.45) is 5.92 Å². The summed E-state index contributed by atoms with van der Waals surface area (Å²) < 4.78 is 0. The maximum absolute atomic E-state index is 10.7. The lowest BCUT2D eigenvalue weighted by Crippen LogP contribution is -2.50. The first-order chi connectivity index (χ1) is 9.15. The SMILES string of the molecule is CCCCC1CC(NCCO)CN(CCC(=O)O)C1. The number of rotatable bonds is 9. The molecule has 1 aliphatic rings. The van der Waals surface area contributed by atoms with Crippen molar-refractivity contribution in [2.45, 2.75) is 45.1 Å². The van der Waals surface area contributed by atoms with Gasteiger partial charge in [0.1, 0.15) is 0 Å². The van der Waals surface area contributed by atoms with Gasteiger partial charge in [-0.1, -0.05) is 19.8 Å². The van der Waals surface area contributed by atoms with Crippen LogP contribution in [0.15, 0.2) is 0 Å². The molecule has 2 unspecified atom stereocenters. The third-order valence-corrected chi connectivity index (χ3v) is 3.77.